The van der Waals surface area contributed by atoms with Crippen LogP contribution in [0.25, 0.3) is 16.7 Å². The molecule has 0 bridgehead atoms. The number of amides is 1. The lowest BCUT2D eigenvalue weighted by atomic mass is 9.62. The number of carbonyl (C=O) groups is 1. The number of hydrogen-bond donors (Lipinski definition) is 2. The van der Waals surface area contributed by atoms with Gasteiger partial charge in [-0.25, -0.2) is 15.4 Å². The molecule has 1 atom stereocenters. The molecule has 1 saturated carbocycles. The minimum Gasteiger partial charge on any atom is -0.368 e. The number of likely N-dealkylation sites (N-methyl/N-ethyl adjacent to an activating group) is 1. The molecule has 35 heavy (non-hydrogen) atoms. The Labute approximate surface area is 204 Å². The molecule has 182 valence electrons. The highest BCUT2D eigenvalue weighted by molar-refractivity contribution is 5.78. The predicted molar refractivity (Wildman–Crippen MR) is 131 cm³/mol. The highest BCUT2D eigenvalue weighted by Gasteiger charge is 2.44. The minimum absolute atomic E-state index is 0.00718. The standard InChI is InChI=1S/C25H30N8O2/c1-25(19-5-4-6-19,20-9-7-16(8-10-20)17-11-27-24(26)28-12-17)23-30-22(35-31-23)18-13-29-33(14-18)15-21(34)32(2)3/h7-12,14,19,29H,4-6,13,15H2,1-3H3,(H2,26,27,28). The first-order valence-electron chi connectivity index (χ1n) is 11.8. The largest absolute Gasteiger partial charge is 0.368 e. The molecule has 3 N–H and O–H groups in total. The highest BCUT2D eigenvalue weighted by Crippen LogP contribution is 2.47. The van der Waals surface area contributed by atoms with Gasteiger partial charge in [0, 0.05) is 44.8 Å². The highest BCUT2D eigenvalue weighted by atomic mass is 16.5. The molecule has 2 aromatic heterocycles. The third-order valence-electron chi connectivity index (χ3n) is 7.17. The van der Waals surface area contributed by atoms with Crippen molar-refractivity contribution < 1.29 is 9.32 Å². The van der Waals surface area contributed by atoms with Crippen molar-refractivity contribution in [3.8, 4) is 11.1 Å². The summed E-state index contributed by atoms with van der Waals surface area (Å²) in [6.45, 7) is 2.97. The van der Waals surface area contributed by atoms with Crippen molar-refractivity contribution in [2.24, 2.45) is 5.92 Å². The molecule has 0 saturated heterocycles. The van der Waals surface area contributed by atoms with Gasteiger partial charge in [-0.05, 0) is 36.8 Å². The maximum Gasteiger partial charge on any atom is 0.256 e. The van der Waals surface area contributed by atoms with E-state index in [1.807, 2.05) is 6.20 Å². The lowest BCUT2D eigenvalue weighted by Crippen LogP contribution is -2.38. The molecular weight excluding hydrogens is 444 g/mol. The third kappa shape index (κ3) is 4.37. The zero-order chi connectivity index (χ0) is 24.6. The van der Waals surface area contributed by atoms with Gasteiger partial charge >= 0.3 is 0 Å². The van der Waals surface area contributed by atoms with E-state index < -0.39 is 0 Å². The average Bonchev–Trinajstić information content (AvgIpc) is 3.48. The number of nitrogen functional groups attached to an aromatic ring is 1. The molecule has 1 aliphatic carbocycles. The van der Waals surface area contributed by atoms with Gasteiger partial charge in [0.2, 0.25) is 11.9 Å². The molecular formula is C25H30N8O2. The van der Waals surface area contributed by atoms with Gasteiger partial charge in [0.05, 0.1) is 11.0 Å². The summed E-state index contributed by atoms with van der Waals surface area (Å²) in [6, 6.07) is 8.41. The van der Waals surface area contributed by atoms with Crippen molar-refractivity contribution in [1.29, 1.82) is 0 Å². The fraction of sp³-hybridized carbons (Fsp3) is 0.400. The van der Waals surface area contributed by atoms with Gasteiger partial charge in [-0.1, -0.05) is 35.8 Å². The lowest BCUT2D eigenvalue weighted by molar-refractivity contribution is -0.129. The Morgan fingerprint density at radius 3 is 2.54 bits per heavy atom. The van der Waals surface area contributed by atoms with Crippen LogP contribution in [0.3, 0.4) is 0 Å². The quantitative estimate of drug-likeness (QED) is 0.531. The summed E-state index contributed by atoms with van der Waals surface area (Å²) in [5.74, 6) is 1.87. The molecule has 0 radical (unpaired) electrons. The number of hydrogen-bond acceptors (Lipinski definition) is 9. The number of nitrogens with two attached hydrogens (primary N) is 1. The second-order valence-electron chi connectivity index (χ2n) is 9.57. The van der Waals surface area contributed by atoms with E-state index in [2.05, 4.69) is 51.7 Å². The summed E-state index contributed by atoms with van der Waals surface area (Å²) in [7, 11) is 3.48. The first kappa shape index (κ1) is 23.0. The van der Waals surface area contributed by atoms with Gasteiger partial charge in [0.15, 0.2) is 5.82 Å². The van der Waals surface area contributed by atoms with Crippen LogP contribution in [0.15, 0.2) is 47.4 Å². The van der Waals surface area contributed by atoms with E-state index in [0.717, 1.165) is 35.1 Å². The van der Waals surface area contributed by atoms with Crippen molar-refractivity contribution in [3.63, 3.8) is 0 Å². The molecule has 5 rings (SSSR count). The van der Waals surface area contributed by atoms with Gasteiger partial charge < -0.3 is 20.2 Å². The minimum atomic E-state index is -0.372. The van der Waals surface area contributed by atoms with Crippen LogP contribution in [0, 0.1) is 5.92 Å². The van der Waals surface area contributed by atoms with Gasteiger partial charge in [-0.15, -0.1) is 0 Å². The summed E-state index contributed by atoms with van der Waals surface area (Å²) in [6.07, 6.45) is 8.77. The van der Waals surface area contributed by atoms with E-state index in [1.54, 1.807) is 36.4 Å². The van der Waals surface area contributed by atoms with Crippen LogP contribution in [0.4, 0.5) is 5.95 Å². The molecule has 10 nitrogen and oxygen atoms in total. The van der Waals surface area contributed by atoms with E-state index in [4.69, 9.17) is 15.2 Å². The Balaban J connectivity index is 1.41. The van der Waals surface area contributed by atoms with E-state index in [9.17, 15) is 4.79 Å². The number of rotatable bonds is 7. The molecule has 1 aliphatic heterocycles. The molecule has 1 fully saturated rings. The van der Waals surface area contributed by atoms with E-state index in [-0.39, 0.29) is 23.8 Å². The molecule has 3 heterocycles. The Bertz CT molecular complexity index is 1230. The molecule has 2 aliphatic rings. The average molecular weight is 475 g/mol. The molecule has 1 aromatic carbocycles. The SMILES string of the molecule is CN(C)C(=O)CN1C=C(c2nc(C(C)(c3ccc(-c4cnc(N)nc4)cc3)C3CCC3)no2)CN1. The monoisotopic (exact) mass is 474 g/mol. The number of carbonyl (C=O) groups excluding carboxylic acids is 1. The zero-order valence-corrected chi connectivity index (χ0v) is 20.2. The van der Waals surface area contributed by atoms with Crippen LogP contribution in [-0.2, 0) is 10.2 Å². The van der Waals surface area contributed by atoms with Crippen LogP contribution in [0.1, 0.15) is 43.5 Å². The Morgan fingerprint density at radius 2 is 1.91 bits per heavy atom. The topological polar surface area (TPSA) is 126 Å². The number of nitrogens with one attached hydrogen (secondary N) is 1. The summed E-state index contributed by atoms with van der Waals surface area (Å²) >= 11 is 0. The molecule has 1 unspecified atom stereocenters. The van der Waals surface area contributed by atoms with E-state index >= 15 is 0 Å². The van der Waals surface area contributed by atoms with Crippen LogP contribution in [0.2, 0.25) is 0 Å². The first-order valence-corrected chi connectivity index (χ1v) is 11.8. The Hall–Kier alpha value is -3.79. The fourth-order valence-corrected chi connectivity index (χ4v) is 4.58. The maximum atomic E-state index is 12.0. The Kier molecular flexibility index (Phi) is 5.98. The second kappa shape index (κ2) is 9.10. The summed E-state index contributed by atoms with van der Waals surface area (Å²) in [4.78, 5) is 26.6. The summed E-state index contributed by atoms with van der Waals surface area (Å²) in [5, 5.41) is 6.19. The van der Waals surface area contributed by atoms with E-state index in [1.165, 1.54) is 6.42 Å². The number of nitrogens with zero attached hydrogens (tertiary/aromatic N) is 6. The Morgan fingerprint density at radius 1 is 1.20 bits per heavy atom. The fourth-order valence-electron chi connectivity index (χ4n) is 4.58. The van der Waals surface area contributed by atoms with Crippen molar-refractivity contribution in [1.82, 2.24) is 35.4 Å². The van der Waals surface area contributed by atoms with Gasteiger partial charge in [-0.3, -0.25) is 4.79 Å². The van der Waals surface area contributed by atoms with Crippen molar-refractivity contribution >= 4 is 17.4 Å². The van der Waals surface area contributed by atoms with Gasteiger partial charge in [0.1, 0.15) is 6.54 Å². The second-order valence-corrected chi connectivity index (χ2v) is 9.57. The maximum absolute atomic E-state index is 12.0. The van der Waals surface area contributed by atoms with Crippen molar-refractivity contribution in [3.05, 3.63) is 60.1 Å². The van der Waals surface area contributed by atoms with Crippen molar-refractivity contribution in [2.45, 2.75) is 31.6 Å². The van der Waals surface area contributed by atoms with Crippen LogP contribution in [-0.4, -0.2) is 63.1 Å². The smallest absolute Gasteiger partial charge is 0.256 e. The first-order chi connectivity index (χ1) is 16.8. The lowest BCUT2D eigenvalue weighted by Gasteiger charge is -2.41. The molecule has 3 aromatic rings. The third-order valence-corrected chi connectivity index (χ3v) is 7.17. The van der Waals surface area contributed by atoms with Gasteiger partial charge in [0.25, 0.3) is 5.89 Å². The number of anilines is 1. The predicted octanol–water partition coefficient (Wildman–Crippen LogP) is 2.46. The molecule has 10 heteroatoms. The molecule has 1 amide bonds. The normalized spacial score (nSPS) is 17.6. The van der Waals surface area contributed by atoms with Gasteiger partial charge in [-0.2, -0.15) is 4.98 Å². The van der Waals surface area contributed by atoms with Crippen LogP contribution < -0.4 is 11.2 Å². The van der Waals surface area contributed by atoms with E-state index in [0.29, 0.717) is 24.2 Å². The zero-order valence-electron chi connectivity index (χ0n) is 20.2. The van der Waals surface area contributed by atoms with Crippen molar-refractivity contribution in [2.75, 3.05) is 32.9 Å². The molecule has 0 spiro atoms. The van der Waals surface area contributed by atoms with Crippen LogP contribution >= 0.6 is 0 Å². The number of aromatic nitrogens is 4. The number of hydrazine groups is 1. The van der Waals surface area contributed by atoms with Crippen LogP contribution in [0.5, 0.6) is 0 Å². The number of benzene rings is 1. The summed E-state index contributed by atoms with van der Waals surface area (Å²) < 4.78 is 5.72. The summed E-state index contributed by atoms with van der Waals surface area (Å²) in [5.41, 5.74) is 12.4.